The van der Waals surface area contributed by atoms with Crippen LogP contribution in [0, 0.1) is 28.6 Å². The second-order valence-corrected chi connectivity index (χ2v) is 14.3. The van der Waals surface area contributed by atoms with Gasteiger partial charge in [-0.2, -0.15) is 15.6 Å². The molecule has 11 heteroatoms. The summed E-state index contributed by atoms with van der Waals surface area (Å²) in [5.74, 6) is -0.284. The monoisotopic (exact) mass is 602 g/mol. The quantitative estimate of drug-likeness (QED) is 0.431. The number of sulfone groups is 1. The number of hydrogen-bond donors (Lipinski definition) is 1. The number of halogens is 1. The van der Waals surface area contributed by atoms with E-state index in [0.717, 1.165) is 41.8 Å². The lowest BCUT2D eigenvalue weighted by molar-refractivity contribution is -0.127. The molecule has 1 saturated heterocycles. The summed E-state index contributed by atoms with van der Waals surface area (Å²) in [4.78, 5) is 15.6. The van der Waals surface area contributed by atoms with E-state index >= 15 is 0 Å². The number of aromatic nitrogens is 2. The first-order valence-corrected chi connectivity index (χ1v) is 16.5. The second kappa shape index (κ2) is 11.1. The van der Waals surface area contributed by atoms with Crippen LogP contribution >= 0.6 is 11.6 Å². The maximum atomic E-state index is 13.5. The van der Waals surface area contributed by atoms with Crippen LogP contribution in [0.3, 0.4) is 0 Å². The first-order valence-electron chi connectivity index (χ1n) is 14.3. The molecule has 216 valence electrons. The molecule has 1 amide bonds. The van der Waals surface area contributed by atoms with Gasteiger partial charge in [-0.25, -0.2) is 13.1 Å². The van der Waals surface area contributed by atoms with Crippen LogP contribution in [0.2, 0.25) is 5.02 Å². The number of nitrogens with zero attached hydrogens (tertiary/aromatic N) is 5. The van der Waals surface area contributed by atoms with Crippen molar-refractivity contribution >= 4 is 33.0 Å². The number of amides is 1. The minimum Gasteiger partial charge on any atom is -0.369 e. The number of anilines is 1. The number of rotatable bonds is 6. The van der Waals surface area contributed by atoms with Crippen molar-refractivity contribution in [2.45, 2.75) is 50.0 Å². The Kier molecular flexibility index (Phi) is 7.46. The van der Waals surface area contributed by atoms with Crippen LogP contribution in [-0.4, -0.2) is 54.2 Å². The molecule has 3 aromatic rings. The summed E-state index contributed by atoms with van der Waals surface area (Å²) >= 11 is 6.17. The van der Waals surface area contributed by atoms with Crippen molar-refractivity contribution in [3.8, 4) is 29.0 Å². The lowest BCUT2D eigenvalue weighted by Crippen LogP contribution is -2.42. The van der Waals surface area contributed by atoms with Gasteiger partial charge in [-0.3, -0.25) is 4.79 Å². The Morgan fingerprint density at radius 3 is 2.43 bits per heavy atom. The van der Waals surface area contributed by atoms with Gasteiger partial charge in [-0.05, 0) is 61.6 Å². The molecule has 2 heterocycles. The van der Waals surface area contributed by atoms with E-state index in [2.05, 4.69) is 22.4 Å². The Balaban J connectivity index is 1.38. The van der Waals surface area contributed by atoms with Crippen molar-refractivity contribution in [2.75, 3.05) is 29.5 Å². The smallest absolute Gasteiger partial charge is 0.225 e. The van der Waals surface area contributed by atoms with E-state index in [0.29, 0.717) is 48.6 Å². The van der Waals surface area contributed by atoms with Crippen molar-refractivity contribution in [3.63, 3.8) is 0 Å². The average Bonchev–Trinajstić information content (AvgIpc) is 3.64. The fourth-order valence-corrected chi connectivity index (χ4v) is 7.49. The van der Waals surface area contributed by atoms with Crippen molar-refractivity contribution < 1.29 is 13.2 Å². The van der Waals surface area contributed by atoms with E-state index in [1.54, 1.807) is 22.9 Å². The van der Waals surface area contributed by atoms with Crippen molar-refractivity contribution in [3.05, 3.63) is 64.9 Å². The van der Waals surface area contributed by atoms with E-state index in [9.17, 15) is 23.7 Å². The molecule has 2 atom stereocenters. The van der Waals surface area contributed by atoms with E-state index < -0.39 is 15.4 Å². The Morgan fingerprint density at radius 2 is 1.76 bits per heavy atom. The Morgan fingerprint density at radius 1 is 1.05 bits per heavy atom. The van der Waals surface area contributed by atoms with Crippen LogP contribution in [0.5, 0.6) is 0 Å². The molecule has 1 N–H and O–H groups in total. The summed E-state index contributed by atoms with van der Waals surface area (Å²) in [6.45, 7) is 0.919. The summed E-state index contributed by atoms with van der Waals surface area (Å²) in [7, 11) is -2.98. The molecule has 2 saturated carbocycles. The minimum absolute atomic E-state index is 0.0983. The lowest BCUT2D eigenvalue weighted by Gasteiger charge is -2.31. The molecule has 6 rings (SSSR count). The van der Waals surface area contributed by atoms with Crippen molar-refractivity contribution in [1.82, 2.24) is 15.1 Å². The molecule has 42 heavy (non-hydrogen) atoms. The molecule has 0 bridgehead atoms. The molecule has 1 aromatic heterocycles. The van der Waals surface area contributed by atoms with Gasteiger partial charge in [0, 0.05) is 47.4 Å². The van der Waals surface area contributed by atoms with Gasteiger partial charge in [-0.1, -0.05) is 36.6 Å². The molecule has 9 nitrogen and oxygen atoms in total. The Hall–Kier alpha value is -3.86. The molecule has 2 unspecified atom stereocenters. The molecule has 1 aliphatic heterocycles. The van der Waals surface area contributed by atoms with Gasteiger partial charge >= 0.3 is 0 Å². The summed E-state index contributed by atoms with van der Waals surface area (Å²) in [6, 6.07) is 17.6. The van der Waals surface area contributed by atoms with Gasteiger partial charge in [0.1, 0.15) is 11.6 Å². The van der Waals surface area contributed by atoms with Crippen LogP contribution in [0.1, 0.15) is 55.7 Å². The summed E-state index contributed by atoms with van der Waals surface area (Å²) in [5, 5.41) is 27.9. The minimum atomic E-state index is -2.98. The molecular formula is C31H31ClN6O3S. The van der Waals surface area contributed by atoms with Gasteiger partial charge in [0.25, 0.3) is 0 Å². The topological polar surface area (TPSA) is 132 Å². The largest absolute Gasteiger partial charge is 0.369 e. The molecule has 0 spiro atoms. The van der Waals surface area contributed by atoms with Crippen molar-refractivity contribution in [2.24, 2.45) is 5.92 Å². The zero-order valence-corrected chi connectivity index (χ0v) is 24.7. The van der Waals surface area contributed by atoms with Crippen LogP contribution in [0.25, 0.3) is 16.8 Å². The van der Waals surface area contributed by atoms with E-state index in [-0.39, 0.29) is 29.2 Å². The van der Waals surface area contributed by atoms with Gasteiger partial charge < -0.3 is 10.2 Å². The van der Waals surface area contributed by atoms with Crippen LogP contribution < -0.4 is 10.2 Å². The molecule has 2 aliphatic carbocycles. The highest BCUT2D eigenvalue weighted by Crippen LogP contribution is 2.43. The Bertz CT molecular complexity index is 1700. The highest BCUT2D eigenvalue weighted by atomic mass is 35.5. The number of carbonyl (C=O) groups is 1. The maximum Gasteiger partial charge on any atom is 0.225 e. The zero-order valence-electron chi connectivity index (χ0n) is 23.1. The number of benzene rings is 2. The molecule has 2 aromatic carbocycles. The number of nitrogens with one attached hydrogen (secondary N) is 1. The van der Waals surface area contributed by atoms with E-state index in [1.807, 2.05) is 30.5 Å². The third kappa shape index (κ3) is 5.62. The molecule has 3 fully saturated rings. The van der Waals surface area contributed by atoms with Crippen LogP contribution in [0.15, 0.2) is 48.7 Å². The predicted molar refractivity (Wildman–Crippen MR) is 160 cm³/mol. The number of carbonyl (C=O) groups excluding carboxylic acids is 1. The number of nitriles is 2. The first kappa shape index (κ1) is 28.3. The summed E-state index contributed by atoms with van der Waals surface area (Å²) in [5.41, 5.74) is 3.77. The average molecular weight is 603 g/mol. The van der Waals surface area contributed by atoms with Gasteiger partial charge in [0.05, 0.1) is 34.5 Å². The van der Waals surface area contributed by atoms with Gasteiger partial charge in [0.2, 0.25) is 5.91 Å². The van der Waals surface area contributed by atoms with Crippen LogP contribution in [0.4, 0.5) is 5.69 Å². The second-order valence-electron chi connectivity index (χ2n) is 11.5. The third-order valence-corrected chi connectivity index (χ3v) is 10.6. The molecular weight excluding hydrogens is 572 g/mol. The fourth-order valence-electron chi connectivity index (χ4n) is 6.12. The highest BCUT2D eigenvalue weighted by molar-refractivity contribution is 7.91. The first-order chi connectivity index (χ1) is 20.2. The van der Waals surface area contributed by atoms with Crippen molar-refractivity contribution in [1.29, 1.82) is 10.5 Å². The van der Waals surface area contributed by atoms with E-state index in [4.69, 9.17) is 16.7 Å². The fraction of sp³-hybridized carbons (Fsp3) is 0.419. The highest BCUT2D eigenvalue weighted by Gasteiger charge is 2.47. The SMILES string of the molecule is N#Cc1cc(Cl)ccc1-n1cc(-c2ccc(N3CCS(=O)(=O)CC3)cc2)c(C2CCCCC2C(=O)NC2(C#N)CC2)n1. The number of hydrogen-bond acceptors (Lipinski definition) is 7. The predicted octanol–water partition coefficient (Wildman–Crippen LogP) is 4.75. The van der Waals surface area contributed by atoms with E-state index in [1.165, 1.54) is 0 Å². The molecule has 0 radical (unpaired) electrons. The Labute approximate surface area is 250 Å². The van der Waals surface area contributed by atoms with Crippen LogP contribution in [-0.2, 0) is 14.6 Å². The van der Waals surface area contributed by atoms with Gasteiger partial charge in [0.15, 0.2) is 9.84 Å². The normalized spacial score (nSPS) is 22.5. The zero-order chi connectivity index (χ0) is 29.5. The van der Waals surface area contributed by atoms with Gasteiger partial charge in [-0.15, -0.1) is 0 Å². The third-order valence-electron chi connectivity index (χ3n) is 8.74. The summed E-state index contributed by atoms with van der Waals surface area (Å²) < 4.78 is 25.5. The summed E-state index contributed by atoms with van der Waals surface area (Å²) in [6.07, 6.45) is 6.65. The standard InChI is InChI=1S/C31H31ClN6O3S/c32-23-7-10-28(22(17-23)18-33)38-19-27(21-5-8-24(9-6-21)37-13-15-42(40,41)16-14-37)29(36-38)25-3-1-2-4-26(25)30(39)35-31(20-34)11-12-31/h5-10,17,19,25-26H,1-4,11-16H2,(H,35,39). The maximum absolute atomic E-state index is 13.5. The molecule has 3 aliphatic rings. The lowest BCUT2D eigenvalue weighted by atomic mass is 9.75.